The van der Waals surface area contributed by atoms with Gasteiger partial charge in [0, 0.05) is 36.5 Å². The molecule has 7 heavy (non-hydrogen) atoms. The van der Waals surface area contributed by atoms with Gasteiger partial charge in [-0.05, 0) is 0 Å². The van der Waals surface area contributed by atoms with Gasteiger partial charge in [-0.25, -0.2) is 0 Å². The van der Waals surface area contributed by atoms with Crippen LogP contribution >= 0.6 is 0 Å². The van der Waals surface area contributed by atoms with Crippen LogP contribution in [0.3, 0.4) is 0 Å². The third-order valence-corrected chi connectivity index (χ3v) is 0. The predicted molar refractivity (Wildman–Crippen MR) is 14.2 cm³/mol. The standard InChI is InChI=1S/Cu.H2O4S.Zn/c;1-5(2,3)4;/h;(H2,1,2,3,4);. The number of hydrogen-bond donors (Lipinski definition) is 2. The van der Waals surface area contributed by atoms with Gasteiger partial charge in [0.2, 0.25) is 0 Å². The van der Waals surface area contributed by atoms with Gasteiger partial charge in [0.1, 0.15) is 0 Å². The van der Waals surface area contributed by atoms with Crippen LogP contribution in [0.5, 0.6) is 0 Å². The molecule has 0 rings (SSSR count). The predicted octanol–water partition coefficient (Wildman–Crippen LogP) is -0.658. The van der Waals surface area contributed by atoms with E-state index in [-0.39, 0.29) is 36.5 Å². The summed E-state index contributed by atoms with van der Waals surface area (Å²) in [7, 11) is -4.67. The van der Waals surface area contributed by atoms with Crippen molar-refractivity contribution in [3.63, 3.8) is 0 Å². The molecule has 0 aromatic heterocycles. The summed E-state index contributed by atoms with van der Waals surface area (Å²) in [6.45, 7) is 0. The Balaban J connectivity index is -0.0000000800. The first-order valence-corrected chi connectivity index (χ1v) is 2.10. The van der Waals surface area contributed by atoms with E-state index >= 15 is 0 Å². The zero-order valence-electron chi connectivity index (χ0n) is 3.13. The van der Waals surface area contributed by atoms with Gasteiger partial charge in [-0.15, -0.1) is 0 Å². The minimum absolute atomic E-state index is 0. The molecule has 45 valence electrons. The second-order valence-corrected chi connectivity index (χ2v) is 1.34. The van der Waals surface area contributed by atoms with Crippen LogP contribution < -0.4 is 0 Å². The maximum absolute atomic E-state index is 8.74. The Bertz CT molecular complexity index is 94.9. The second kappa shape index (κ2) is 5.16. The van der Waals surface area contributed by atoms with E-state index in [1.54, 1.807) is 0 Å². The van der Waals surface area contributed by atoms with E-state index in [1.807, 2.05) is 0 Å². The van der Waals surface area contributed by atoms with Crippen LogP contribution in [0, 0.1) is 0 Å². The fourth-order valence-electron chi connectivity index (χ4n) is 0. The van der Waals surface area contributed by atoms with Crippen molar-refractivity contribution in [2.24, 2.45) is 0 Å². The Hall–Kier alpha value is 1.01. The van der Waals surface area contributed by atoms with E-state index in [4.69, 9.17) is 17.5 Å². The third-order valence-electron chi connectivity index (χ3n) is 0. The van der Waals surface area contributed by atoms with E-state index in [0.717, 1.165) is 0 Å². The first kappa shape index (κ1) is 15.7. The molecule has 7 heteroatoms. The summed E-state index contributed by atoms with van der Waals surface area (Å²) in [5.41, 5.74) is 0. The van der Waals surface area contributed by atoms with E-state index in [0.29, 0.717) is 0 Å². The molecule has 0 fully saturated rings. The molecule has 0 saturated heterocycles. The molecular weight excluding hydrogens is 225 g/mol. The van der Waals surface area contributed by atoms with Gasteiger partial charge in [-0.1, -0.05) is 0 Å². The van der Waals surface area contributed by atoms with Crippen LogP contribution in [-0.2, 0) is 46.9 Å². The van der Waals surface area contributed by atoms with Gasteiger partial charge in [-0.2, -0.15) is 8.42 Å². The third kappa shape index (κ3) is 172. The van der Waals surface area contributed by atoms with Crippen LogP contribution in [0.15, 0.2) is 0 Å². The van der Waals surface area contributed by atoms with E-state index in [1.165, 1.54) is 0 Å². The number of rotatable bonds is 0. The number of hydrogen-bond acceptors (Lipinski definition) is 2. The summed E-state index contributed by atoms with van der Waals surface area (Å²) < 4.78 is 31.6. The molecule has 0 aliphatic rings. The van der Waals surface area contributed by atoms with Crippen molar-refractivity contribution < 1.29 is 54.1 Å². The van der Waals surface area contributed by atoms with Crippen molar-refractivity contribution >= 4 is 10.4 Å². The van der Waals surface area contributed by atoms with Gasteiger partial charge in [0.25, 0.3) is 0 Å². The van der Waals surface area contributed by atoms with Crippen LogP contribution in [0.4, 0.5) is 0 Å². The molecule has 1 radical (unpaired) electrons. The fraction of sp³-hybridized carbons (Fsp3) is 0. The average Bonchev–Trinajstić information content (AvgIpc) is 0.722. The normalized spacial score (nSPS) is 8.29. The Morgan fingerprint density at radius 1 is 1.14 bits per heavy atom. The molecule has 0 heterocycles. The minimum atomic E-state index is -4.67. The largest absolute Gasteiger partial charge is 0.394 e. The summed E-state index contributed by atoms with van der Waals surface area (Å²) in [6.07, 6.45) is 0. The molecule has 4 nitrogen and oxygen atoms in total. The van der Waals surface area contributed by atoms with E-state index in [2.05, 4.69) is 0 Å². The minimum Gasteiger partial charge on any atom is -0.264 e. The van der Waals surface area contributed by atoms with E-state index < -0.39 is 10.4 Å². The summed E-state index contributed by atoms with van der Waals surface area (Å²) in [5, 5.41) is 0. The van der Waals surface area contributed by atoms with Gasteiger partial charge in [0.15, 0.2) is 0 Å². The Kier molecular flexibility index (Phi) is 11.5. The maximum atomic E-state index is 8.74. The molecule has 0 amide bonds. The summed E-state index contributed by atoms with van der Waals surface area (Å²) in [6, 6.07) is 0. The fourth-order valence-corrected chi connectivity index (χ4v) is 0. The van der Waals surface area contributed by atoms with Gasteiger partial charge >= 0.3 is 10.4 Å². The smallest absolute Gasteiger partial charge is 0.264 e. The van der Waals surface area contributed by atoms with Gasteiger partial charge in [0.05, 0.1) is 0 Å². The Morgan fingerprint density at radius 2 is 1.14 bits per heavy atom. The topological polar surface area (TPSA) is 74.6 Å². The van der Waals surface area contributed by atoms with Crippen molar-refractivity contribution in [3.8, 4) is 0 Å². The van der Waals surface area contributed by atoms with Gasteiger partial charge < -0.3 is 0 Å². The quantitative estimate of drug-likeness (QED) is 0.425. The molecule has 0 bridgehead atoms. The van der Waals surface area contributed by atoms with Crippen molar-refractivity contribution in [2.75, 3.05) is 0 Å². The average molecular weight is 227 g/mol. The molecule has 0 spiro atoms. The Morgan fingerprint density at radius 3 is 1.14 bits per heavy atom. The van der Waals surface area contributed by atoms with Crippen LogP contribution in [-0.4, -0.2) is 17.5 Å². The molecular formula is H2CuO4SZn. The van der Waals surface area contributed by atoms with E-state index in [9.17, 15) is 0 Å². The SMILES string of the molecule is O=S(=O)(O)O.[Cu].[Zn]. The second-order valence-electron chi connectivity index (χ2n) is 0.448. The first-order chi connectivity index (χ1) is 2.00. The molecule has 0 atom stereocenters. The van der Waals surface area contributed by atoms with Crippen LogP contribution in [0.25, 0.3) is 0 Å². The molecule has 0 saturated carbocycles. The zero-order chi connectivity index (χ0) is 4.50. The summed E-state index contributed by atoms with van der Waals surface area (Å²) in [4.78, 5) is 0. The van der Waals surface area contributed by atoms with Crippen molar-refractivity contribution in [2.45, 2.75) is 0 Å². The molecule has 0 unspecified atom stereocenters. The zero-order valence-corrected chi connectivity index (χ0v) is 7.85. The van der Waals surface area contributed by atoms with Crippen LogP contribution in [0.1, 0.15) is 0 Å². The van der Waals surface area contributed by atoms with Crippen LogP contribution in [0.2, 0.25) is 0 Å². The van der Waals surface area contributed by atoms with Crippen molar-refractivity contribution in [1.29, 1.82) is 0 Å². The van der Waals surface area contributed by atoms with Crippen molar-refractivity contribution in [3.05, 3.63) is 0 Å². The summed E-state index contributed by atoms with van der Waals surface area (Å²) in [5.74, 6) is 0. The first-order valence-electron chi connectivity index (χ1n) is 0.698. The molecule has 0 aromatic rings. The molecule has 0 aliphatic heterocycles. The maximum Gasteiger partial charge on any atom is 0.394 e. The molecule has 0 aliphatic carbocycles. The summed E-state index contributed by atoms with van der Waals surface area (Å²) >= 11 is 0. The monoisotopic (exact) mass is 225 g/mol. The molecule has 2 N–H and O–H groups in total. The Labute approximate surface area is 64.5 Å². The van der Waals surface area contributed by atoms with Crippen molar-refractivity contribution in [1.82, 2.24) is 0 Å². The molecule has 0 aromatic carbocycles. The van der Waals surface area contributed by atoms with Gasteiger partial charge in [-0.3, -0.25) is 9.11 Å².